The maximum absolute atomic E-state index is 13.0. The lowest BCUT2D eigenvalue weighted by atomic mass is 9.95. The van der Waals surface area contributed by atoms with Gasteiger partial charge >= 0.3 is 6.18 Å². The number of rotatable bonds is 3. The van der Waals surface area contributed by atoms with Gasteiger partial charge in [0.2, 0.25) is 0 Å². The molecule has 0 aromatic heterocycles. The molecule has 1 aliphatic carbocycles. The summed E-state index contributed by atoms with van der Waals surface area (Å²) >= 11 is 0. The Morgan fingerprint density at radius 3 is 2.40 bits per heavy atom. The molecule has 0 radical (unpaired) electrons. The first-order valence-corrected chi connectivity index (χ1v) is 6.50. The van der Waals surface area contributed by atoms with Crippen molar-refractivity contribution >= 4 is 11.4 Å². The van der Waals surface area contributed by atoms with Crippen molar-refractivity contribution in [1.82, 2.24) is 0 Å². The van der Waals surface area contributed by atoms with Gasteiger partial charge in [-0.25, -0.2) is 0 Å². The number of anilines is 1. The quantitative estimate of drug-likeness (QED) is 0.664. The molecule has 1 aromatic carbocycles. The van der Waals surface area contributed by atoms with E-state index in [9.17, 15) is 23.3 Å². The summed E-state index contributed by atoms with van der Waals surface area (Å²) in [6, 6.07) is 2.84. The third-order valence-electron chi connectivity index (χ3n) is 3.48. The highest BCUT2D eigenvalue weighted by Gasteiger charge is 2.35. The topological polar surface area (TPSA) is 55.2 Å². The SMILES string of the molecule is O=[N+]([O-])c1ccc(NC2CCCCC2)c(C(F)(F)F)c1. The van der Waals surface area contributed by atoms with Gasteiger partial charge in [-0.3, -0.25) is 10.1 Å². The van der Waals surface area contributed by atoms with Crippen molar-refractivity contribution in [3.63, 3.8) is 0 Å². The van der Waals surface area contributed by atoms with Gasteiger partial charge in [-0.1, -0.05) is 19.3 Å². The fraction of sp³-hybridized carbons (Fsp3) is 0.538. The van der Waals surface area contributed by atoms with Crippen LogP contribution in [0.2, 0.25) is 0 Å². The number of nitro benzene ring substituents is 1. The van der Waals surface area contributed by atoms with E-state index in [0.29, 0.717) is 6.07 Å². The molecule has 0 heterocycles. The van der Waals surface area contributed by atoms with Gasteiger partial charge < -0.3 is 5.32 Å². The first-order valence-electron chi connectivity index (χ1n) is 6.50. The van der Waals surface area contributed by atoms with E-state index in [1.165, 1.54) is 0 Å². The normalized spacial score (nSPS) is 16.9. The molecule has 1 fully saturated rings. The molecule has 2 rings (SSSR count). The summed E-state index contributed by atoms with van der Waals surface area (Å²) in [6.07, 6.45) is 0.133. The number of halogens is 3. The van der Waals surface area contributed by atoms with Crippen LogP contribution in [0.1, 0.15) is 37.7 Å². The standard InChI is InChI=1S/C13H15F3N2O2/c14-13(15,16)11-8-10(18(19)20)6-7-12(11)17-9-4-2-1-3-5-9/h6-9,17H,1-5H2. The predicted molar refractivity (Wildman–Crippen MR) is 68.6 cm³/mol. The molecular formula is C13H15F3N2O2. The number of nitrogens with zero attached hydrogens (tertiary/aromatic N) is 1. The van der Waals surface area contributed by atoms with E-state index in [1.54, 1.807) is 0 Å². The van der Waals surface area contributed by atoms with Gasteiger partial charge in [-0.2, -0.15) is 13.2 Å². The van der Waals surface area contributed by atoms with Crippen molar-refractivity contribution in [3.8, 4) is 0 Å². The van der Waals surface area contributed by atoms with E-state index in [0.717, 1.165) is 44.2 Å². The first kappa shape index (κ1) is 14.6. The summed E-state index contributed by atoms with van der Waals surface area (Å²) in [7, 11) is 0. The van der Waals surface area contributed by atoms with Gasteiger partial charge in [0, 0.05) is 23.9 Å². The number of nitrogens with one attached hydrogen (secondary N) is 1. The van der Waals surface area contributed by atoms with Crippen molar-refractivity contribution in [2.24, 2.45) is 0 Å². The Hall–Kier alpha value is -1.79. The van der Waals surface area contributed by atoms with E-state index in [2.05, 4.69) is 5.32 Å². The summed E-state index contributed by atoms with van der Waals surface area (Å²) in [4.78, 5) is 9.78. The van der Waals surface area contributed by atoms with Crippen LogP contribution < -0.4 is 5.32 Å². The predicted octanol–water partition coefficient (Wildman–Crippen LogP) is 4.36. The smallest absolute Gasteiger partial charge is 0.382 e. The number of alkyl halides is 3. The first-order chi connectivity index (χ1) is 9.38. The molecule has 0 saturated heterocycles. The van der Waals surface area contributed by atoms with Crippen LogP contribution in [-0.2, 0) is 6.18 Å². The third kappa shape index (κ3) is 3.40. The van der Waals surface area contributed by atoms with Gasteiger partial charge in [-0.05, 0) is 18.9 Å². The molecule has 0 unspecified atom stereocenters. The second-order valence-electron chi connectivity index (χ2n) is 4.96. The van der Waals surface area contributed by atoms with Crippen molar-refractivity contribution < 1.29 is 18.1 Å². The zero-order valence-corrected chi connectivity index (χ0v) is 10.7. The maximum Gasteiger partial charge on any atom is 0.418 e. The molecule has 110 valence electrons. The minimum absolute atomic E-state index is 0.00584. The summed E-state index contributed by atoms with van der Waals surface area (Å²) < 4.78 is 39.0. The van der Waals surface area contributed by atoms with Gasteiger partial charge in [0.15, 0.2) is 0 Å². The van der Waals surface area contributed by atoms with Crippen LogP contribution in [0, 0.1) is 10.1 Å². The molecule has 20 heavy (non-hydrogen) atoms. The fourth-order valence-electron chi connectivity index (χ4n) is 2.47. The molecule has 1 aromatic rings. The second-order valence-corrected chi connectivity index (χ2v) is 4.96. The van der Waals surface area contributed by atoms with Crippen LogP contribution >= 0.6 is 0 Å². The lowest BCUT2D eigenvalue weighted by molar-refractivity contribution is -0.385. The summed E-state index contributed by atoms with van der Waals surface area (Å²) in [5.41, 5.74) is -1.60. The molecule has 0 atom stereocenters. The fourth-order valence-corrected chi connectivity index (χ4v) is 2.47. The highest BCUT2D eigenvalue weighted by Crippen LogP contribution is 2.38. The van der Waals surface area contributed by atoms with Crippen LogP contribution in [0.3, 0.4) is 0 Å². The Labute approximate surface area is 114 Å². The van der Waals surface area contributed by atoms with E-state index in [1.807, 2.05) is 0 Å². The number of hydrogen-bond acceptors (Lipinski definition) is 3. The minimum atomic E-state index is -4.61. The lowest BCUT2D eigenvalue weighted by Gasteiger charge is -2.25. The van der Waals surface area contributed by atoms with Crippen molar-refractivity contribution in [2.45, 2.75) is 44.3 Å². The summed E-state index contributed by atoms with van der Waals surface area (Å²) in [5.74, 6) is 0. The number of non-ortho nitro benzene ring substituents is 1. The Kier molecular flexibility index (Phi) is 4.15. The monoisotopic (exact) mass is 288 g/mol. The molecule has 1 saturated carbocycles. The van der Waals surface area contributed by atoms with E-state index < -0.39 is 22.4 Å². The lowest BCUT2D eigenvalue weighted by Crippen LogP contribution is -2.24. The molecule has 7 heteroatoms. The average molecular weight is 288 g/mol. The van der Waals surface area contributed by atoms with Crippen LogP contribution in [0.5, 0.6) is 0 Å². The summed E-state index contributed by atoms with van der Waals surface area (Å²) in [5, 5.41) is 13.5. The molecule has 0 amide bonds. The third-order valence-corrected chi connectivity index (χ3v) is 3.48. The van der Waals surface area contributed by atoms with Crippen molar-refractivity contribution in [3.05, 3.63) is 33.9 Å². The molecule has 0 spiro atoms. The van der Waals surface area contributed by atoms with Crippen LogP contribution in [-0.4, -0.2) is 11.0 Å². The molecule has 4 nitrogen and oxygen atoms in total. The number of benzene rings is 1. The highest BCUT2D eigenvalue weighted by molar-refractivity contribution is 5.57. The molecular weight excluding hydrogens is 273 g/mol. The Morgan fingerprint density at radius 1 is 1.20 bits per heavy atom. The van der Waals surface area contributed by atoms with E-state index >= 15 is 0 Å². The van der Waals surface area contributed by atoms with Crippen LogP contribution in [0.4, 0.5) is 24.5 Å². The zero-order valence-electron chi connectivity index (χ0n) is 10.7. The number of nitro groups is 1. The minimum Gasteiger partial charge on any atom is -0.382 e. The molecule has 0 aliphatic heterocycles. The van der Waals surface area contributed by atoms with Crippen LogP contribution in [0.25, 0.3) is 0 Å². The highest BCUT2D eigenvalue weighted by atomic mass is 19.4. The molecule has 1 aliphatic rings. The van der Waals surface area contributed by atoms with Gasteiger partial charge in [0.1, 0.15) is 0 Å². The average Bonchev–Trinajstić information content (AvgIpc) is 2.39. The number of hydrogen-bond donors (Lipinski definition) is 1. The van der Waals surface area contributed by atoms with Crippen molar-refractivity contribution in [1.29, 1.82) is 0 Å². The van der Waals surface area contributed by atoms with Gasteiger partial charge in [-0.15, -0.1) is 0 Å². The largest absolute Gasteiger partial charge is 0.418 e. The van der Waals surface area contributed by atoms with E-state index in [-0.39, 0.29) is 11.7 Å². The Morgan fingerprint density at radius 2 is 1.85 bits per heavy atom. The van der Waals surface area contributed by atoms with Crippen LogP contribution in [0.15, 0.2) is 18.2 Å². The Balaban J connectivity index is 2.28. The van der Waals surface area contributed by atoms with E-state index in [4.69, 9.17) is 0 Å². The Bertz CT molecular complexity index is 497. The van der Waals surface area contributed by atoms with Gasteiger partial charge in [0.25, 0.3) is 5.69 Å². The molecule has 1 N–H and O–H groups in total. The second kappa shape index (κ2) is 5.68. The zero-order chi connectivity index (χ0) is 14.8. The molecule has 0 bridgehead atoms. The summed E-state index contributed by atoms with van der Waals surface area (Å²) in [6.45, 7) is 0. The maximum atomic E-state index is 13.0. The van der Waals surface area contributed by atoms with Gasteiger partial charge in [0.05, 0.1) is 10.5 Å². The van der Waals surface area contributed by atoms with Crippen molar-refractivity contribution in [2.75, 3.05) is 5.32 Å².